The molecule has 0 spiro atoms. The molecule has 0 bridgehead atoms. The zero-order chi connectivity index (χ0) is 14.6. The van der Waals surface area contributed by atoms with Crippen LogP contribution in [0.4, 0.5) is 0 Å². The predicted octanol–water partition coefficient (Wildman–Crippen LogP) is 5.56. The predicted molar refractivity (Wildman–Crippen MR) is 82.1 cm³/mol. The molecule has 2 nitrogen and oxygen atoms in total. The third-order valence-electron chi connectivity index (χ3n) is 1.80. The van der Waals surface area contributed by atoms with Gasteiger partial charge in [-0.25, -0.2) is 9.97 Å². The smallest absolute Gasteiger partial charge is 0.131 e. The van der Waals surface area contributed by atoms with Crippen molar-refractivity contribution in [1.29, 1.82) is 0 Å². The molecule has 0 radical (unpaired) electrons. The fourth-order valence-electron chi connectivity index (χ4n) is 0.988. The zero-order valence-corrected chi connectivity index (χ0v) is 13.6. The van der Waals surface area contributed by atoms with E-state index < -0.39 is 0 Å². The molecule has 0 N–H and O–H groups in total. The van der Waals surface area contributed by atoms with E-state index in [1.54, 1.807) is 0 Å². The van der Waals surface area contributed by atoms with Crippen molar-refractivity contribution in [3.05, 3.63) is 23.8 Å². The Bertz CT molecular complexity index is 255. The van der Waals surface area contributed by atoms with E-state index in [-0.39, 0.29) is 0 Å². The average Bonchev–Trinajstić information content (AvgIpc) is 2.31. The zero-order valence-electron chi connectivity index (χ0n) is 13.6. The van der Waals surface area contributed by atoms with Gasteiger partial charge in [-0.15, -0.1) is 0 Å². The van der Waals surface area contributed by atoms with Gasteiger partial charge in [-0.05, 0) is 12.0 Å². The maximum atomic E-state index is 4.46. The third kappa shape index (κ3) is 10.2. The molecular weight excluding hydrogens is 220 g/mol. The maximum absolute atomic E-state index is 4.46. The molecule has 106 valence electrons. The molecule has 0 aliphatic heterocycles. The summed E-state index contributed by atoms with van der Waals surface area (Å²) in [6.07, 6.45) is 4.34. The highest BCUT2D eigenvalue weighted by Crippen LogP contribution is 2.13. The highest BCUT2D eigenvalue weighted by molar-refractivity contribution is 5.07. The van der Waals surface area contributed by atoms with Crippen molar-refractivity contribution in [2.45, 2.75) is 80.1 Å². The molecule has 0 aliphatic carbocycles. The second kappa shape index (κ2) is 12.5. The summed E-state index contributed by atoms with van der Waals surface area (Å²) >= 11 is 0. The van der Waals surface area contributed by atoms with Gasteiger partial charge in [0, 0.05) is 17.8 Å². The first-order valence-corrected chi connectivity index (χ1v) is 7.27. The van der Waals surface area contributed by atoms with Crippen LogP contribution < -0.4 is 0 Å². The van der Waals surface area contributed by atoms with Crippen LogP contribution in [0.25, 0.3) is 0 Å². The van der Waals surface area contributed by atoms with Gasteiger partial charge in [-0.2, -0.15) is 0 Å². The Morgan fingerprint density at radius 1 is 0.889 bits per heavy atom. The average molecular weight is 252 g/mol. The van der Waals surface area contributed by atoms with Crippen molar-refractivity contribution in [2.24, 2.45) is 0 Å². The molecule has 1 rings (SSSR count). The molecule has 0 fully saturated rings. The fraction of sp³-hybridized carbons (Fsp3) is 0.750. The Hall–Kier alpha value is -0.920. The van der Waals surface area contributed by atoms with E-state index in [4.69, 9.17) is 0 Å². The van der Waals surface area contributed by atoms with Crippen LogP contribution in [-0.2, 0) is 0 Å². The van der Waals surface area contributed by atoms with Crippen molar-refractivity contribution in [3.8, 4) is 0 Å². The van der Waals surface area contributed by atoms with E-state index in [9.17, 15) is 0 Å². The molecule has 1 aromatic rings. The molecule has 0 saturated heterocycles. The number of hydrogen-bond donors (Lipinski definition) is 0. The number of nitrogens with zero attached hydrogens (tertiary/aromatic N) is 2. The summed E-state index contributed by atoms with van der Waals surface area (Å²) < 4.78 is 0. The molecule has 0 aliphatic rings. The van der Waals surface area contributed by atoms with Gasteiger partial charge in [0.2, 0.25) is 0 Å². The summed E-state index contributed by atoms with van der Waals surface area (Å²) in [5.74, 6) is 1.86. The topological polar surface area (TPSA) is 25.8 Å². The standard InChI is InChI=1S/C10H16N2.2C3H8/c1-7(2)9-5-6-11-10(12-9)8(3)4;2*1-3-2/h5-8H,1-4H3;2*3H2,1-2H3. The molecule has 0 atom stereocenters. The van der Waals surface area contributed by atoms with Crippen molar-refractivity contribution < 1.29 is 0 Å². The molecule has 0 amide bonds. The molecule has 2 heteroatoms. The van der Waals surface area contributed by atoms with Crippen molar-refractivity contribution in [3.63, 3.8) is 0 Å². The molecule has 0 unspecified atom stereocenters. The highest BCUT2D eigenvalue weighted by atomic mass is 14.9. The lowest BCUT2D eigenvalue weighted by molar-refractivity contribution is 0.729. The Labute approximate surface area is 114 Å². The summed E-state index contributed by atoms with van der Waals surface area (Å²) in [4.78, 5) is 8.67. The normalized spacial score (nSPS) is 9.44. The number of rotatable bonds is 2. The number of aromatic nitrogens is 2. The lowest BCUT2D eigenvalue weighted by Gasteiger charge is -2.07. The first-order valence-electron chi connectivity index (χ1n) is 7.27. The second-order valence-electron chi connectivity index (χ2n) is 5.06. The van der Waals surface area contributed by atoms with Crippen LogP contribution in [0, 0.1) is 0 Å². The van der Waals surface area contributed by atoms with Crippen LogP contribution >= 0.6 is 0 Å². The minimum atomic E-state index is 0.420. The molecule has 0 saturated carbocycles. The van der Waals surface area contributed by atoms with Crippen LogP contribution in [0.3, 0.4) is 0 Å². The van der Waals surface area contributed by atoms with E-state index in [2.05, 4.69) is 65.4 Å². The van der Waals surface area contributed by atoms with E-state index in [1.807, 2.05) is 12.3 Å². The summed E-state index contributed by atoms with van der Waals surface area (Å²) in [7, 11) is 0. The van der Waals surface area contributed by atoms with Gasteiger partial charge in [0.25, 0.3) is 0 Å². The first-order chi connectivity index (χ1) is 8.44. The van der Waals surface area contributed by atoms with Gasteiger partial charge in [0.15, 0.2) is 0 Å². The minimum absolute atomic E-state index is 0.420. The Kier molecular flexibility index (Phi) is 13.5. The van der Waals surface area contributed by atoms with Crippen LogP contribution in [0.5, 0.6) is 0 Å². The van der Waals surface area contributed by atoms with E-state index in [1.165, 1.54) is 12.8 Å². The van der Waals surface area contributed by atoms with Crippen molar-refractivity contribution in [1.82, 2.24) is 9.97 Å². The van der Waals surface area contributed by atoms with Crippen molar-refractivity contribution in [2.75, 3.05) is 0 Å². The quantitative estimate of drug-likeness (QED) is 0.689. The van der Waals surface area contributed by atoms with Gasteiger partial charge >= 0.3 is 0 Å². The maximum Gasteiger partial charge on any atom is 0.131 e. The Morgan fingerprint density at radius 2 is 1.33 bits per heavy atom. The Morgan fingerprint density at radius 3 is 1.67 bits per heavy atom. The van der Waals surface area contributed by atoms with E-state index >= 15 is 0 Å². The molecular formula is C16H32N2. The van der Waals surface area contributed by atoms with Gasteiger partial charge in [-0.3, -0.25) is 0 Å². The Balaban J connectivity index is 0. The van der Waals surface area contributed by atoms with Gasteiger partial charge < -0.3 is 0 Å². The first kappa shape index (κ1) is 19.4. The van der Waals surface area contributed by atoms with Crippen LogP contribution in [0.15, 0.2) is 12.3 Å². The summed E-state index contributed by atoms with van der Waals surface area (Å²) in [6, 6.07) is 1.98. The summed E-state index contributed by atoms with van der Waals surface area (Å²) in [6.45, 7) is 17.0. The third-order valence-corrected chi connectivity index (χ3v) is 1.80. The van der Waals surface area contributed by atoms with E-state index in [0.29, 0.717) is 11.8 Å². The largest absolute Gasteiger partial charge is 0.241 e. The molecule has 18 heavy (non-hydrogen) atoms. The minimum Gasteiger partial charge on any atom is -0.241 e. The van der Waals surface area contributed by atoms with Gasteiger partial charge in [0.1, 0.15) is 5.82 Å². The fourth-order valence-corrected chi connectivity index (χ4v) is 0.988. The lowest BCUT2D eigenvalue weighted by Crippen LogP contribution is -2.01. The monoisotopic (exact) mass is 252 g/mol. The molecule has 1 heterocycles. The summed E-state index contributed by atoms with van der Waals surface area (Å²) in [5, 5.41) is 0. The SMILES string of the molecule is CC(C)c1ccnc(C(C)C)n1.CCC.CCC. The van der Waals surface area contributed by atoms with Gasteiger partial charge in [-0.1, -0.05) is 68.2 Å². The highest BCUT2D eigenvalue weighted by Gasteiger charge is 2.05. The second-order valence-corrected chi connectivity index (χ2v) is 5.06. The summed E-state index contributed by atoms with van der Waals surface area (Å²) in [5.41, 5.74) is 1.13. The number of hydrogen-bond acceptors (Lipinski definition) is 2. The molecule has 0 aromatic carbocycles. The lowest BCUT2D eigenvalue weighted by atomic mass is 10.1. The van der Waals surface area contributed by atoms with Crippen LogP contribution in [0.2, 0.25) is 0 Å². The molecule has 1 aromatic heterocycles. The van der Waals surface area contributed by atoms with Gasteiger partial charge in [0.05, 0.1) is 0 Å². The van der Waals surface area contributed by atoms with E-state index in [0.717, 1.165) is 11.5 Å². The van der Waals surface area contributed by atoms with Crippen LogP contribution in [0.1, 0.15) is 91.6 Å². The van der Waals surface area contributed by atoms with Crippen molar-refractivity contribution >= 4 is 0 Å². The van der Waals surface area contributed by atoms with Crippen LogP contribution in [-0.4, -0.2) is 9.97 Å².